The SMILES string of the molecule is CCC1CCC(CC)C1n1c(=O)c(Cl)nc2ccc(Cl)nc21. The first-order valence-corrected chi connectivity index (χ1v) is 8.56. The quantitative estimate of drug-likeness (QED) is 0.774. The summed E-state index contributed by atoms with van der Waals surface area (Å²) in [6.45, 7) is 4.35. The van der Waals surface area contributed by atoms with E-state index in [2.05, 4.69) is 23.8 Å². The van der Waals surface area contributed by atoms with E-state index < -0.39 is 0 Å². The Morgan fingerprint density at radius 3 is 2.36 bits per heavy atom. The lowest BCUT2D eigenvalue weighted by atomic mass is 9.93. The predicted octanol–water partition coefficient (Wildman–Crippen LogP) is 4.49. The molecule has 2 atom stereocenters. The molecule has 2 aromatic heterocycles. The normalized spacial score (nSPS) is 25.0. The Morgan fingerprint density at radius 1 is 1.14 bits per heavy atom. The van der Waals surface area contributed by atoms with Gasteiger partial charge in [-0.05, 0) is 36.8 Å². The Balaban J connectivity index is 2.30. The van der Waals surface area contributed by atoms with Crippen LogP contribution in [0.4, 0.5) is 0 Å². The van der Waals surface area contributed by atoms with Gasteiger partial charge in [0, 0.05) is 6.04 Å². The van der Waals surface area contributed by atoms with Crippen molar-refractivity contribution in [3.05, 3.63) is 32.8 Å². The maximum atomic E-state index is 12.7. The molecule has 1 fully saturated rings. The van der Waals surface area contributed by atoms with E-state index in [0.29, 0.717) is 28.2 Å². The van der Waals surface area contributed by atoms with Crippen LogP contribution in [0.3, 0.4) is 0 Å². The van der Waals surface area contributed by atoms with E-state index >= 15 is 0 Å². The monoisotopic (exact) mass is 339 g/mol. The number of pyridine rings is 1. The minimum absolute atomic E-state index is 0.00762. The van der Waals surface area contributed by atoms with E-state index in [0.717, 1.165) is 25.7 Å². The van der Waals surface area contributed by atoms with Gasteiger partial charge in [-0.2, -0.15) is 0 Å². The molecule has 0 bridgehead atoms. The van der Waals surface area contributed by atoms with Crippen LogP contribution in [0, 0.1) is 11.8 Å². The number of hydrogen-bond donors (Lipinski definition) is 0. The molecule has 2 aromatic rings. The first kappa shape index (κ1) is 15.8. The molecule has 1 saturated carbocycles. The molecular formula is C16H19Cl2N3O. The van der Waals surface area contributed by atoms with Gasteiger partial charge in [-0.25, -0.2) is 9.97 Å². The van der Waals surface area contributed by atoms with Crippen LogP contribution in [-0.2, 0) is 0 Å². The van der Waals surface area contributed by atoms with E-state index in [1.54, 1.807) is 16.7 Å². The van der Waals surface area contributed by atoms with Gasteiger partial charge < -0.3 is 0 Å². The lowest BCUT2D eigenvalue weighted by Gasteiger charge is -2.27. The minimum Gasteiger partial charge on any atom is -0.285 e. The fraction of sp³-hybridized carbons (Fsp3) is 0.562. The lowest BCUT2D eigenvalue weighted by molar-refractivity contribution is 0.296. The van der Waals surface area contributed by atoms with Gasteiger partial charge in [-0.15, -0.1) is 0 Å². The maximum absolute atomic E-state index is 12.7. The lowest BCUT2D eigenvalue weighted by Crippen LogP contribution is -2.32. The molecule has 22 heavy (non-hydrogen) atoms. The number of nitrogens with zero attached hydrogens (tertiary/aromatic N) is 3. The van der Waals surface area contributed by atoms with Crippen LogP contribution in [0.5, 0.6) is 0 Å². The fourth-order valence-corrected chi connectivity index (χ4v) is 4.10. The molecule has 2 unspecified atom stereocenters. The Labute approximate surface area is 139 Å². The molecule has 118 valence electrons. The van der Waals surface area contributed by atoms with Gasteiger partial charge in [0.2, 0.25) is 0 Å². The van der Waals surface area contributed by atoms with Crippen LogP contribution >= 0.6 is 23.2 Å². The highest BCUT2D eigenvalue weighted by atomic mass is 35.5. The van der Waals surface area contributed by atoms with Gasteiger partial charge in [-0.3, -0.25) is 9.36 Å². The molecular weight excluding hydrogens is 321 g/mol. The summed E-state index contributed by atoms with van der Waals surface area (Å²) in [6.07, 6.45) is 4.34. The van der Waals surface area contributed by atoms with Crippen molar-refractivity contribution in [2.24, 2.45) is 11.8 Å². The molecule has 0 aliphatic heterocycles. The van der Waals surface area contributed by atoms with Gasteiger partial charge in [-0.1, -0.05) is 49.9 Å². The molecule has 1 aliphatic carbocycles. The van der Waals surface area contributed by atoms with Crippen LogP contribution in [0.25, 0.3) is 11.2 Å². The highest BCUT2D eigenvalue weighted by Crippen LogP contribution is 2.44. The molecule has 0 spiro atoms. The van der Waals surface area contributed by atoms with Crippen LogP contribution in [0.15, 0.2) is 16.9 Å². The Morgan fingerprint density at radius 2 is 1.77 bits per heavy atom. The third-order valence-electron chi connectivity index (χ3n) is 4.88. The summed E-state index contributed by atoms with van der Waals surface area (Å²) in [5, 5.41) is 0.372. The molecule has 3 rings (SSSR count). The van der Waals surface area contributed by atoms with Crippen LogP contribution in [0.2, 0.25) is 10.3 Å². The summed E-state index contributed by atoms with van der Waals surface area (Å²) < 4.78 is 1.76. The van der Waals surface area contributed by atoms with E-state index in [1.165, 1.54) is 0 Å². The summed E-state index contributed by atoms with van der Waals surface area (Å²) in [6, 6.07) is 3.56. The minimum atomic E-state index is -0.257. The molecule has 0 N–H and O–H groups in total. The number of aromatic nitrogens is 3. The van der Waals surface area contributed by atoms with Crippen molar-refractivity contribution >= 4 is 34.4 Å². The predicted molar refractivity (Wildman–Crippen MR) is 89.7 cm³/mol. The number of rotatable bonds is 3. The second kappa shape index (κ2) is 6.17. The smallest absolute Gasteiger partial charge is 0.285 e. The van der Waals surface area contributed by atoms with Crippen molar-refractivity contribution in [3.63, 3.8) is 0 Å². The fourth-order valence-electron chi connectivity index (χ4n) is 3.78. The zero-order chi connectivity index (χ0) is 15.9. The first-order valence-electron chi connectivity index (χ1n) is 7.81. The summed E-state index contributed by atoms with van der Waals surface area (Å²) >= 11 is 12.1. The van der Waals surface area contributed by atoms with Gasteiger partial charge in [0.15, 0.2) is 10.8 Å². The molecule has 0 radical (unpaired) electrons. The van der Waals surface area contributed by atoms with Crippen molar-refractivity contribution in [3.8, 4) is 0 Å². The topological polar surface area (TPSA) is 47.8 Å². The van der Waals surface area contributed by atoms with Gasteiger partial charge in [0.25, 0.3) is 5.56 Å². The van der Waals surface area contributed by atoms with Crippen molar-refractivity contribution in [2.75, 3.05) is 0 Å². The molecule has 0 aromatic carbocycles. The van der Waals surface area contributed by atoms with Crippen molar-refractivity contribution in [2.45, 2.75) is 45.6 Å². The number of hydrogen-bond acceptors (Lipinski definition) is 3. The van der Waals surface area contributed by atoms with Crippen LogP contribution < -0.4 is 5.56 Å². The summed E-state index contributed by atoms with van der Waals surface area (Å²) in [7, 11) is 0. The highest BCUT2D eigenvalue weighted by molar-refractivity contribution is 6.30. The molecule has 0 saturated heterocycles. The summed E-state index contributed by atoms with van der Waals surface area (Å²) in [5.74, 6) is 0.926. The molecule has 0 amide bonds. The van der Waals surface area contributed by atoms with Crippen molar-refractivity contribution < 1.29 is 0 Å². The van der Waals surface area contributed by atoms with Gasteiger partial charge >= 0.3 is 0 Å². The Bertz CT molecular complexity index is 747. The van der Waals surface area contributed by atoms with Crippen LogP contribution in [-0.4, -0.2) is 14.5 Å². The van der Waals surface area contributed by atoms with Crippen molar-refractivity contribution in [1.82, 2.24) is 14.5 Å². The average molecular weight is 340 g/mol. The zero-order valence-electron chi connectivity index (χ0n) is 12.7. The van der Waals surface area contributed by atoms with Gasteiger partial charge in [0.05, 0.1) is 0 Å². The Hall–Kier alpha value is -1.13. The third kappa shape index (κ3) is 2.52. The van der Waals surface area contributed by atoms with E-state index in [-0.39, 0.29) is 16.8 Å². The van der Waals surface area contributed by atoms with Crippen LogP contribution in [0.1, 0.15) is 45.6 Å². The first-order chi connectivity index (χ1) is 10.6. The molecule has 4 nitrogen and oxygen atoms in total. The van der Waals surface area contributed by atoms with E-state index in [4.69, 9.17) is 23.2 Å². The van der Waals surface area contributed by atoms with Gasteiger partial charge in [0.1, 0.15) is 10.7 Å². The largest absolute Gasteiger partial charge is 0.290 e. The third-order valence-corrected chi connectivity index (χ3v) is 5.34. The van der Waals surface area contributed by atoms with E-state index in [9.17, 15) is 4.79 Å². The molecule has 1 aliphatic rings. The summed E-state index contributed by atoms with van der Waals surface area (Å²) in [4.78, 5) is 21.2. The maximum Gasteiger partial charge on any atom is 0.290 e. The zero-order valence-corrected chi connectivity index (χ0v) is 14.2. The molecule has 6 heteroatoms. The number of fused-ring (bicyclic) bond motifs is 1. The van der Waals surface area contributed by atoms with Crippen molar-refractivity contribution in [1.29, 1.82) is 0 Å². The van der Waals surface area contributed by atoms with E-state index in [1.807, 2.05) is 0 Å². The standard InChI is InChI=1S/C16H19Cl2N3O/c1-3-9-5-6-10(4-2)13(9)21-15-11(7-8-12(17)20-15)19-14(18)16(21)22/h7-10,13H,3-6H2,1-2H3. The average Bonchev–Trinajstić information content (AvgIpc) is 2.92. The second-order valence-electron chi connectivity index (χ2n) is 5.96. The highest BCUT2D eigenvalue weighted by Gasteiger charge is 2.37. The number of halogens is 2. The second-order valence-corrected chi connectivity index (χ2v) is 6.70. The Kier molecular flexibility index (Phi) is 4.42. The summed E-state index contributed by atoms with van der Waals surface area (Å²) in [5.41, 5.74) is 0.907. The molecule has 2 heterocycles.